The molecule has 0 saturated heterocycles. The maximum absolute atomic E-state index is 9.16. The minimum Gasteiger partial charge on any atom is -0.396 e. The summed E-state index contributed by atoms with van der Waals surface area (Å²) in [5.74, 6) is 1.20. The van der Waals surface area contributed by atoms with Gasteiger partial charge < -0.3 is 14.8 Å². The Morgan fingerprint density at radius 1 is 1.50 bits per heavy atom. The summed E-state index contributed by atoms with van der Waals surface area (Å²) in [5, 5.41) is 13.8. The van der Waals surface area contributed by atoms with Gasteiger partial charge in [-0.15, -0.1) is 11.8 Å². The van der Waals surface area contributed by atoms with Gasteiger partial charge in [0.25, 0.3) is 0 Å². The lowest BCUT2D eigenvalue weighted by Crippen LogP contribution is -2.17. The lowest BCUT2D eigenvalue weighted by atomic mass is 10.2. The normalized spacial score (nSPS) is 16.7. The van der Waals surface area contributed by atoms with E-state index in [1.807, 2.05) is 18.2 Å². The number of pyridine rings is 1. The number of nitrogens with zero attached hydrogens (tertiary/aromatic N) is 2. The number of hydrogen-bond donors (Lipinski definition) is 2. The third-order valence-corrected chi connectivity index (χ3v) is 4.88. The Balaban J connectivity index is 1.81. The Hall–Kier alpha value is -1.04. The van der Waals surface area contributed by atoms with Gasteiger partial charge in [0, 0.05) is 31.1 Å². The Labute approximate surface area is 123 Å². The molecule has 20 heavy (non-hydrogen) atoms. The SMILES string of the molecule is CC(CO)CSc1nc2ccccn2c1CNC1CC1. The van der Waals surface area contributed by atoms with Gasteiger partial charge in [-0.25, -0.2) is 4.98 Å². The highest BCUT2D eigenvalue weighted by Gasteiger charge is 2.22. The van der Waals surface area contributed by atoms with Crippen LogP contribution in [0.15, 0.2) is 29.4 Å². The third kappa shape index (κ3) is 3.16. The summed E-state index contributed by atoms with van der Waals surface area (Å²) in [4.78, 5) is 4.72. The van der Waals surface area contributed by atoms with Gasteiger partial charge in [-0.05, 0) is 30.9 Å². The predicted molar refractivity (Wildman–Crippen MR) is 82.0 cm³/mol. The van der Waals surface area contributed by atoms with E-state index in [0.29, 0.717) is 12.0 Å². The first kappa shape index (κ1) is 13.9. The third-order valence-electron chi connectivity index (χ3n) is 3.54. The molecule has 0 aromatic carbocycles. The highest BCUT2D eigenvalue weighted by Crippen LogP contribution is 2.26. The van der Waals surface area contributed by atoms with Gasteiger partial charge in [-0.2, -0.15) is 0 Å². The lowest BCUT2D eigenvalue weighted by molar-refractivity contribution is 0.250. The van der Waals surface area contributed by atoms with E-state index in [-0.39, 0.29) is 6.61 Å². The molecule has 108 valence electrons. The summed E-state index contributed by atoms with van der Waals surface area (Å²) in [7, 11) is 0. The quantitative estimate of drug-likeness (QED) is 0.769. The van der Waals surface area contributed by atoms with Crippen LogP contribution >= 0.6 is 11.8 Å². The van der Waals surface area contributed by atoms with Crippen LogP contribution in [-0.2, 0) is 6.54 Å². The van der Waals surface area contributed by atoms with E-state index in [1.165, 1.54) is 18.5 Å². The van der Waals surface area contributed by atoms with Gasteiger partial charge in [0.05, 0.1) is 5.69 Å². The van der Waals surface area contributed by atoms with Crippen molar-refractivity contribution >= 4 is 17.4 Å². The smallest absolute Gasteiger partial charge is 0.138 e. The van der Waals surface area contributed by atoms with Crippen LogP contribution in [0.25, 0.3) is 5.65 Å². The van der Waals surface area contributed by atoms with Crippen LogP contribution in [0.3, 0.4) is 0 Å². The minimum atomic E-state index is 0.232. The molecule has 5 heteroatoms. The Morgan fingerprint density at radius 2 is 2.35 bits per heavy atom. The van der Waals surface area contributed by atoms with Crippen molar-refractivity contribution in [2.45, 2.75) is 37.4 Å². The number of aliphatic hydroxyl groups is 1. The van der Waals surface area contributed by atoms with Gasteiger partial charge in [0.1, 0.15) is 10.7 Å². The number of nitrogens with one attached hydrogen (secondary N) is 1. The maximum atomic E-state index is 9.16. The summed E-state index contributed by atoms with van der Waals surface area (Å²) in [6, 6.07) is 6.80. The average molecular weight is 291 g/mol. The maximum Gasteiger partial charge on any atom is 0.138 e. The second-order valence-electron chi connectivity index (χ2n) is 5.55. The first-order chi connectivity index (χ1) is 9.78. The molecule has 1 atom stereocenters. The van der Waals surface area contributed by atoms with Crippen molar-refractivity contribution in [3.8, 4) is 0 Å². The number of fused-ring (bicyclic) bond motifs is 1. The summed E-state index contributed by atoms with van der Waals surface area (Å²) in [6.07, 6.45) is 4.66. The molecule has 0 bridgehead atoms. The lowest BCUT2D eigenvalue weighted by Gasteiger charge is -2.08. The Morgan fingerprint density at radius 3 is 3.10 bits per heavy atom. The molecular weight excluding hydrogens is 270 g/mol. The monoisotopic (exact) mass is 291 g/mol. The van der Waals surface area contributed by atoms with E-state index >= 15 is 0 Å². The van der Waals surface area contributed by atoms with E-state index in [9.17, 15) is 0 Å². The topological polar surface area (TPSA) is 49.6 Å². The van der Waals surface area contributed by atoms with E-state index < -0.39 is 0 Å². The Bertz CT molecular complexity index is 580. The summed E-state index contributed by atoms with van der Waals surface area (Å²) in [6.45, 7) is 3.16. The van der Waals surface area contributed by atoms with Gasteiger partial charge in [0.2, 0.25) is 0 Å². The number of aromatic nitrogens is 2. The number of hydrogen-bond acceptors (Lipinski definition) is 4. The van der Waals surface area contributed by atoms with Crippen molar-refractivity contribution in [2.75, 3.05) is 12.4 Å². The predicted octanol–water partition coefficient (Wildman–Crippen LogP) is 2.31. The minimum absolute atomic E-state index is 0.232. The summed E-state index contributed by atoms with van der Waals surface area (Å²) < 4.78 is 2.17. The molecule has 2 aromatic rings. The van der Waals surface area contributed by atoms with E-state index in [0.717, 1.165) is 23.0 Å². The molecule has 1 fully saturated rings. The van der Waals surface area contributed by atoms with Crippen LogP contribution in [0.1, 0.15) is 25.5 Å². The number of thioether (sulfide) groups is 1. The first-order valence-electron chi connectivity index (χ1n) is 7.21. The second kappa shape index (κ2) is 6.16. The fourth-order valence-corrected chi connectivity index (χ4v) is 3.15. The van der Waals surface area contributed by atoms with Gasteiger partial charge in [-0.3, -0.25) is 0 Å². The highest BCUT2D eigenvalue weighted by atomic mass is 32.2. The largest absolute Gasteiger partial charge is 0.396 e. The number of rotatable bonds is 7. The fourth-order valence-electron chi connectivity index (χ4n) is 2.10. The highest BCUT2D eigenvalue weighted by molar-refractivity contribution is 7.99. The van der Waals surface area contributed by atoms with E-state index in [4.69, 9.17) is 10.1 Å². The van der Waals surface area contributed by atoms with Crippen LogP contribution in [0.2, 0.25) is 0 Å². The zero-order valence-corrected chi connectivity index (χ0v) is 12.6. The van der Waals surface area contributed by atoms with Crippen molar-refractivity contribution < 1.29 is 5.11 Å². The number of imidazole rings is 1. The summed E-state index contributed by atoms with van der Waals surface area (Å²) >= 11 is 1.75. The molecule has 2 N–H and O–H groups in total. The molecule has 1 aliphatic rings. The zero-order chi connectivity index (χ0) is 13.9. The van der Waals surface area contributed by atoms with Crippen molar-refractivity contribution in [1.82, 2.24) is 14.7 Å². The molecule has 2 heterocycles. The fraction of sp³-hybridized carbons (Fsp3) is 0.533. The molecular formula is C15H21N3OS. The molecule has 4 nitrogen and oxygen atoms in total. The van der Waals surface area contributed by atoms with Crippen molar-refractivity contribution in [2.24, 2.45) is 5.92 Å². The zero-order valence-electron chi connectivity index (χ0n) is 11.7. The molecule has 0 aliphatic heterocycles. The number of aliphatic hydroxyl groups excluding tert-OH is 1. The molecule has 1 aliphatic carbocycles. The molecule has 1 unspecified atom stereocenters. The van der Waals surface area contributed by atoms with Crippen LogP contribution in [0.4, 0.5) is 0 Å². The standard InChI is InChI=1S/C15H21N3OS/c1-11(9-19)10-20-15-13(8-16-12-5-6-12)18-7-3-2-4-14(18)17-15/h2-4,7,11-12,16,19H,5-6,8-10H2,1H3. The van der Waals surface area contributed by atoms with E-state index in [1.54, 1.807) is 11.8 Å². The molecule has 3 rings (SSSR count). The van der Waals surface area contributed by atoms with Gasteiger partial charge in [-0.1, -0.05) is 13.0 Å². The first-order valence-corrected chi connectivity index (χ1v) is 8.19. The van der Waals surface area contributed by atoms with E-state index in [2.05, 4.69) is 22.8 Å². The summed E-state index contributed by atoms with van der Waals surface area (Å²) in [5.41, 5.74) is 2.24. The molecule has 2 aromatic heterocycles. The van der Waals surface area contributed by atoms with Crippen molar-refractivity contribution in [3.05, 3.63) is 30.1 Å². The average Bonchev–Trinajstić information content (AvgIpc) is 3.23. The van der Waals surface area contributed by atoms with Gasteiger partial charge in [0.15, 0.2) is 0 Å². The van der Waals surface area contributed by atoms with Crippen molar-refractivity contribution in [3.63, 3.8) is 0 Å². The molecule has 0 radical (unpaired) electrons. The van der Waals surface area contributed by atoms with Crippen LogP contribution in [-0.4, -0.2) is 32.9 Å². The van der Waals surface area contributed by atoms with Crippen LogP contribution in [0.5, 0.6) is 0 Å². The van der Waals surface area contributed by atoms with Crippen molar-refractivity contribution in [1.29, 1.82) is 0 Å². The molecule has 1 saturated carbocycles. The van der Waals surface area contributed by atoms with Crippen LogP contribution in [0, 0.1) is 5.92 Å². The molecule has 0 spiro atoms. The molecule has 0 amide bonds. The van der Waals surface area contributed by atoms with Gasteiger partial charge >= 0.3 is 0 Å². The van der Waals surface area contributed by atoms with Crippen LogP contribution < -0.4 is 5.32 Å². The Kier molecular flexibility index (Phi) is 4.29. The second-order valence-corrected chi connectivity index (χ2v) is 6.56.